The van der Waals surface area contributed by atoms with Crippen molar-refractivity contribution in [1.82, 2.24) is 14.7 Å². The van der Waals surface area contributed by atoms with Gasteiger partial charge in [-0.05, 0) is 85.8 Å². The SMILES string of the molecule is COc1ccc(NC(=O)C[C@H]2C(=O)N(Cc3ccco3)C(=S)N2CCCN2CCN(c3ccc(F)cc3)CC2)cc1. The third-order valence-electron chi connectivity index (χ3n) is 7.49. The summed E-state index contributed by atoms with van der Waals surface area (Å²) in [6, 6.07) is 16.5. The van der Waals surface area contributed by atoms with Crippen molar-refractivity contribution in [3.05, 3.63) is 78.5 Å². The number of anilines is 2. The second-order valence-electron chi connectivity index (χ2n) is 10.1. The van der Waals surface area contributed by atoms with Crippen molar-refractivity contribution in [3.8, 4) is 5.75 Å². The minimum atomic E-state index is -0.689. The van der Waals surface area contributed by atoms with Crippen molar-refractivity contribution in [3.63, 3.8) is 0 Å². The number of rotatable bonds is 11. The molecule has 0 saturated carbocycles. The van der Waals surface area contributed by atoms with E-state index in [9.17, 15) is 14.0 Å². The van der Waals surface area contributed by atoms with Crippen LogP contribution in [0, 0.1) is 5.82 Å². The summed E-state index contributed by atoms with van der Waals surface area (Å²) in [5.41, 5.74) is 1.65. The number of halogens is 1. The average Bonchev–Trinajstić information content (AvgIpc) is 3.58. The number of hydrogen-bond acceptors (Lipinski definition) is 7. The molecule has 216 valence electrons. The molecule has 9 nitrogen and oxygen atoms in total. The fraction of sp³-hybridized carbons (Fsp3) is 0.367. The summed E-state index contributed by atoms with van der Waals surface area (Å²) < 4.78 is 23.9. The summed E-state index contributed by atoms with van der Waals surface area (Å²) in [4.78, 5) is 34.5. The fourth-order valence-corrected chi connectivity index (χ4v) is 5.63. The number of piperazine rings is 1. The van der Waals surface area contributed by atoms with Gasteiger partial charge in [-0.25, -0.2) is 4.39 Å². The highest BCUT2D eigenvalue weighted by Crippen LogP contribution is 2.25. The normalized spacial score (nSPS) is 17.8. The highest BCUT2D eigenvalue weighted by atomic mass is 32.1. The molecule has 2 amide bonds. The Morgan fingerprint density at radius 1 is 1.05 bits per heavy atom. The van der Waals surface area contributed by atoms with Crippen LogP contribution >= 0.6 is 12.2 Å². The number of carbonyl (C=O) groups excluding carboxylic acids is 2. The lowest BCUT2D eigenvalue weighted by Gasteiger charge is -2.36. The highest BCUT2D eigenvalue weighted by Gasteiger charge is 2.43. The number of ether oxygens (including phenoxy) is 1. The summed E-state index contributed by atoms with van der Waals surface area (Å²) in [5, 5.41) is 3.29. The van der Waals surface area contributed by atoms with E-state index in [0.717, 1.165) is 44.8 Å². The molecular formula is C30H34FN5O4S. The predicted molar refractivity (Wildman–Crippen MR) is 158 cm³/mol. The topological polar surface area (TPSA) is 81.5 Å². The third kappa shape index (κ3) is 7.04. The van der Waals surface area contributed by atoms with Gasteiger partial charge in [-0.3, -0.25) is 19.4 Å². The van der Waals surface area contributed by atoms with Crippen LogP contribution in [-0.4, -0.2) is 84.0 Å². The summed E-state index contributed by atoms with van der Waals surface area (Å²) >= 11 is 5.74. The van der Waals surface area contributed by atoms with Crippen LogP contribution in [0.15, 0.2) is 71.3 Å². The maximum Gasteiger partial charge on any atom is 0.252 e. The number of methoxy groups -OCH3 is 1. The van der Waals surface area contributed by atoms with E-state index in [1.807, 2.05) is 17.0 Å². The second kappa shape index (κ2) is 13.1. The fourth-order valence-electron chi connectivity index (χ4n) is 5.26. The summed E-state index contributed by atoms with van der Waals surface area (Å²) in [6.07, 6.45) is 2.33. The quantitative estimate of drug-likeness (QED) is 0.342. The summed E-state index contributed by atoms with van der Waals surface area (Å²) in [6.45, 7) is 5.11. The molecule has 5 rings (SSSR count). The van der Waals surface area contributed by atoms with Crippen LogP contribution in [-0.2, 0) is 16.1 Å². The first-order valence-electron chi connectivity index (χ1n) is 13.7. The van der Waals surface area contributed by atoms with Crippen molar-refractivity contribution < 1.29 is 23.1 Å². The first-order valence-corrected chi connectivity index (χ1v) is 14.1. The Morgan fingerprint density at radius 2 is 1.78 bits per heavy atom. The van der Waals surface area contributed by atoms with Gasteiger partial charge in [0.2, 0.25) is 5.91 Å². The Balaban J connectivity index is 1.18. The number of amides is 2. The smallest absolute Gasteiger partial charge is 0.252 e. The van der Waals surface area contributed by atoms with Crippen LogP contribution in [0.1, 0.15) is 18.6 Å². The highest BCUT2D eigenvalue weighted by molar-refractivity contribution is 7.80. The number of nitrogens with zero attached hydrogens (tertiary/aromatic N) is 4. The largest absolute Gasteiger partial charge is 0.497 e. The third-order valence-corrected chi connectivity index (χ3v) is 7.94. The standard InChI is InChI=1S/C30H34FN5O4S/c1-39-25-11-7-23(8-12-25)32-28(37)20-27-29(38)36(21-26-4-2-19-40-26)30(41)35(27)14-3-13-33-15-17-34(18-16-33)24-9-5-22(31)6-10-24/h2,4-12,19,27H,3,13-18,20-21H2,1H3,(H,32,37)/t27-/m0/s1. The molecule has 0 radical (unpaired) electrons. The maximum atomic E-state index is 13.5. The molecule has 2 aliphatic rings. The molecule has 2 aliphatic heterocycles. The number of furan rings is 1. The van der Waals surface area contributed by atoms with Gasteiger partial charge < -0.3 is 24.3 Å². The summed E-state index contributed by atoms with van der Waals surface area (Å²) in [7, 11) is 1.58. The minimum absolute atomic E-state index is 0.0179. The van der Waals surface area contributed by atoms with E-state index in [4.69, 9.17) is 21.4 Å². The second-order valence-corrected chi connectivity index (χ2v) is 10.5. The van der Waals surface area contributed by atoms with E-state index in [0.29, 0.717) is 28.9 Å². The molecule has 2 aromatic carbocycles. The van der Waals surface area contributed by atoms with Crippen molar-refractivity contribution in [2.75, 3.05) is 56.6 Å². The first kappa shape index (κ1) is 28.6. The van der Waals surface area contributed by atoms with Crippen molar-refractivity contribution in [2.24, 2.45) is 0 Å². The van der Waals surface area contributed by atoms with Crippen molar-refractivity contribution in [1.29, 1.82) is 0 Å². The number of nitrogens with one attached hydrogen (secondary N) is 1. The van der Waals surface area contributed by atoms with E-state index in [2.05, 4.69) is 15.1 Å². The van der Waals surface area contributed by atoms with Crippen LogP contribution in [0.5, 0.6) is 5.75 Å². The molecule has 3 heterocycles. The molecule has 0 spiro atoms. The van der Waals surface area contributed by atoms with Gasteiger partial charge >= 0.3 is 0 Å². The van der Waals surface area contributed by atoms with E-state index in [-0.39, 0.29) is 30.6 Å². The molecule has 1 N–H and O–H groups in total. The maximum absolute atomic E-state index is 13.5. The lowest BCUT2D eigenvalue weighted by atomic mass is 10.1. The van der Waals surface area contributed by atoms with Gasteiger partial charge in [0.25, 0.3) is 5.91 Å². The Hall–Kier alpha value is -3.96. The van der Waals surface area contributed by atoms with Crippen LogP contribution < -0.4 is 15.0 Å². The molecule has 11 heteroatoms. The average molecular weight is 580 g/mol. The lowest BCUT2D eigenvalue weighted by Crippen LogP contribution is -2.47. The minimum Gasteiger partial charge on any atom is -0.497 e. The molecule has 41 heavy (non-hydrogen) atoms. The Morgan fingerprint density at radius 3 is 2.44 bits per heavy atom. The number of carbonyl (C=O) groups is 2. The van der Waals surface area contributed by atoms with E-state index >= 15 is 0 Å². The Labute approximate surface area is 244 Å². The number of benzene rings is 2. The van der Waals surface area contributed by atoms with Gasteiger partial charge in [0, 0.05) is 44.1 Å². The van der Waals surface area contributed by atoms with Crippen LogP contribution in [0.4, 0.5) is 15.8 Å². The predicted octanol–water partition coefficient (Wildman–Crippen LogP) is 3.97. The molecule has 0 bridgehead atoms. The summed E-state index contributed by atoms with van der Waals surface area (Å²) in [5.74, 6) is 0.617. The molecule has 1 aromatic heterocycles. The molecular weight excluding hydrogens is 545 g/mol. The zero-order chi connectivity index (χ0) is 28.8. The van der Waals surface area contributed by atoms with E-state index < -0.39 is 6.04 Å². The Bertz CT molecular complexity index is 1330. The van der Waals surface area contributed by atoms with Crippen molar-refractivity contribution in [2.45, 2.75) is 25.4 Å². The van der Waals surface area contributed by atoms with Crippen LogP contribution in [0.3, 0.4) is 0 Å². The number of thiocarbonyl (C=S) groups is 1. The van der Waals surface area contributed by atoms with Gasteiger partial charge in [-0.1, -0.05) is 0 Å². The van der Waals surface area contributed by atoms with Gasteiger partial charge in [0.05, 0.1) is 26.3 Å². The van der Waals surface area contributed by atoms with Gasteiger partial charge in [-0.2, -0.15) is 0 Å². The first-order chi connectivity index (χ1) is 19.9. The van der Waals surface area contributed by atoms with Crippen molar-refractivity contribution >= 4 is 40.5 Å². The molecule has 3 aromatic rings. The zero-order valence-electron chi connectivity index (χ0n) is 23.0. The molecule has 0 aliphatic carbocycles. The van der Waals surface area contributed by atoms with Gasteiger partial charge in [0.1, 0.15) is 23.4 Å². The van der Waals surface area contributed by atoms with Crippen LogP contribution in [0.2, 0.25) is 0 Å². The van der Waals surface area contributed by atoms with E-state index in [1.165, 1.54) is 17.0 Å². The monoisotopic (exact) mass is 579 g/mol. The van der Waals surface area contributed by atoms with Gasteiger partial charge in [-0.15, -0.1) is 0 Å². The molecule has 2 saturated heterocycles. The molecule has 2 fully saturated rings. The lowest BCUT2D eigenvalue weighted by molar-refractivity contribution is -0.131. The Kier molecular flexibility index (Phi) is 9.15. The molecule has 1 atom stereocenters. The number of hydrogen-bond donors (Lipinski definition) is 1. The zero-order valence-corrected chi connectivity index (χ0v) is 23.8. The van der Waals surface area contributed by atoms with Gasteiger partial charge in [0.15, 0.2) is 5.11 Å². The molecule has 0 unspecified atom stereocenters. The van der Waals surface area contributed by atoms with E-state index in [1.54, 1.807) is 49.8 Å². The van der Waals surface area contributed by atoms with Crippen LogP contribution in [0.25, 0.3) is 0 Å².